The second-order valence-electron chi connectivity index (χ2n) is 8.19. The van der Waals surface area contributed by atoms with Gasteiger partial charge in [-0.15, -0.1) is 0 Å². The first-order chi connectivity index (χ1) is 16.4. The fraction of sp³-hybridized carbons (Fsp3) is 0.208. The number of carbonyl (C=O) groups is 1. The fourth-order valence-corrected chi connectivity index (χ4v) is 4.75. The summed E-state index contributed by atoms with van der Waals surface area (Å²) >= 11 is 0. The summed E-state index contributed by atoms with van der Waals surface area (Å²) in [5, 5.41) is 6.95. The van der Waals surface area contributed by atoms with Gasteiger partial charge in [-0.3, -0.25) is 9.48 Å². The Hall–Kier alpha value is -4.26. The van der Waals surface area contributed by atoms with Crippen molar-refractivity contribution in [3.05, 3.63) is 76.6 Å². The van der Waals surface area contributed by atoms with E-state index in [1.807, 2.05) is 4.57 Å². The smallest absolute Gasteiger partial charge is 0.387 e. The lowest BCUT2D eigenvalue weighted by Gasteiger charge is -2.21. The summed E-state index contributed by atoms with van der Waals surface area (Å²) < 4.78 is 49.3. The van der Waals surface area contributed by atoms with Crippen LogP contribution in [0, 0.1) is 17.7 Å². The van der Waals surface area contributed by atoms with Crippen molar-refractivity contribution in [1.82, 2.24) is 24.6 Å². The molecule has 1 amide bonds. The Morgan fingerprint density at radius 1 is 1.26 bits per heavy atom. The van der Waals surface area contributed by atoms with Gasteiger partial charge in [-0.1, -0.05) is 17.9 Å². The van der Waals surface area contributed by atoms with Crippen molar-refractivity contribution < 1.29 is 22.7 Å². The molecule has 0 unspecified atom stereocenters. The Balaban J connectivity index is 1.53. The highest BCUT2D eigenvalue weighted by Gasteiger charge is 2.42. The van der Waals surface area contributed by atoms with Crippen LogP contribution in [-0.2, 0) is 7.05 Å². The molecule has 0 radical (unpaired) electrons. The van der Waals surface area contributed by atoms with Gasteiger partial charge in [-0.2, -0.15) is 13.9 Å². The van der Waals surface area contributed by atoms with Crippen LogP contribution in [0.2, 0.25) is 0 Å². The molecule has 7 nitrogen and oxygen atoms in total. The predicted octanol–water partition coefficient (Wildman–Crippen LogP) is 3.69. The van der Waals surface area contributed by atoms with Crippen LogP contribution < -0.4 is 10.1 Å². The average molecular weight is 463 g/mol. The van der Waals surface area contributed by atoms with Gasteiger partial charge in [0.15, 0.2) is 0 Å². The number of hydrogen-bond donors (Lipinski definition) is 1. The van der Waals surface area contributed by atoms with Gasteiger partial charge in [-0.05, 0) is 24.6 Å². The van der Waals surface area contributed by atoms with Gasteiger partial charge < -0.3 is 14.6 Å². The first-order valence-corrected chi connectivity index (χ1v) is 10.5. The third-order valence-electron chi connectivity index (χ3n) is 6.10. The molecule has 0 saturated heterocycles. The molecule has 6 rings (SSSR count). The molecular weight excluding hydrogens is 447 g/mol. The van der Waals surface area contributed by atoms with Crippen LogP contribution in [0.15, 0.2) is 42.7 Å². The number of hydrogen-bond acceptors (Lipinski definition) is 4. The van der Waals surface area contributed by atoms with E-state index in [9.17, 15) is 18.0 Å². The molecular formula is C24H16F3N5O2. The molecule has 0 aliphatic carbocycles. The maximum Gasteiger partial charge on any atom is 0.387 e. The largest absolute Gasteiger partial charge is 0.434 e. The first kappa shape index (κ1) is 20.4. The van der Waals surface area contributed by atoms with Crippen LogP contribution in [0.25, 0.3) is 11.0 Å². The lowest BCUT2D eigenvalue weighted by molar-refractivity contribution is -0.0507. The molecule has 2 bridgehead atoms. The van der Waals surface area contributed by atoms with E-state index < -0.39 is 30.4 Å². The molecule has 4 aromatic rings. The number of ether oxygens (including phenoxy) is 1. The standard InChI is InChI=1S/C24H16F3N5O2/c1-31-11-12(10-28-31)5-6-13-7-18-16(8-15(13)25)29-22-17-9-19(32(18)22)21-14(23(33)30-17)3-2-4-20(21)34-24(26)27/h2-4,7-8,10-11,17,19,24H,9H2,1H3,(H,30,33)/t17-,19-/m1/s1. The molecule has 0 saturated carbocycles. The van der Waals surface area contributed by atoms with Crippen molar-refractivity contribution in [3.8, 4) is 17.6 Å². The van der Waals surface area contributed by atoms with E-state index in [2.05, 4.69) is 27.2 Å². The lowest BCUT2D eigenvalue weighted by Crippen LogP contribution is -2.28. The number of halogens is 3. The van der Waals surface area contributed by atoms with Crippen molar-refractivity contribution >= 4 is 16.9 Å². The SMILES string of the molecule is Cn1cc(C#Cc2cc3c(cc2F)nc2n3[C@@H]3C[C@H]2NC(=O)c2cccc(OC(F)F)c23)cn1. The molecule has 2 aromatic heterocycles. The number of benzene rings is 2. The Kier molecular flexibility index (Phi) is 4.42. The van der Waals surface area contributed by atoms with E-state index in [-0.39, 0.29) is 16.9 Å². The molecule has 10 heteroatoms. The minimum Gasteiger partial charge on any atom is -0.434 e. The minimum atomic E-state index is -3.04. The fourth-order valence-electron chi connectivity index (χ4n) is 4.75. The number of fused-ring (bicyclic) bond motifs is 9. The van der Waals surface area contributed by atoms with Crippen LogP contribution in [0.4, 0.5) is 13.2 Å². The van der Waals surface area contributed by atoms with Crippen LogP contribution in [0.3, 0.4) is 0 Å². The number of imidazole rings is 1. The normalized spacial score (nSPS) is 18.2. The van der Waals surface area contributed by atoms with Gasteiger partial charge in [-0.25, -0.2) is 9.37 Å². The van der Waals surface area contributed by atoms with Gasteiger partial charge in [0.05, 0.1) is 40.4 Å². The predicted molar refractivity (Wildman–Crippen MR) is 115 cm³/mol. The van der Waals surface area contributed by atoms with Gasteiger partial charge in [0.1, 0.15) is 17.4 Å². The molecule has 4 heterocycles. The summed E-state index contributed by atoms with van der Waals surface area (Å²) in [5.41, 5.74) is 2.40. The van der Waals surface area contributed by atoms with E-state index in [0.717, 1.165) is 0 Å². The second kappa shape index (κ2) is 7.38. The maximum atomic E-state index is 14.8. The highest BCUT2D eigenvalue weighted by atomic mass is 19.3. The molecule has 2 aliphatic rings. The van der Waals surface area contributed by atoms with Crippen molar-refractivity contribution in [3.63, 3.8) is 0 Å². The summed E-state index contributed by atoms with van der Waals surface area (Å²) in [5.74, 6) is 5.27. The molecule has 1 N–H and O–H groups in total. The summed E-state index contributed by atoms with van der Waals surface area (Å²) in [7, 11) is 1.76. The van der Waals surface area contributed by atoms with Gasteiger partial charge in [0.25, 0.3) is 5.91 Å². The monoisotopic (exact) mass is 463 g/mol. The number of carbonyl (C=O) groups excluding carboxylic acids is 1. The third-order valence-corrected chi connectivity index (χ3v) is 6.10. The zero-order valence-electron chi connectivity index (χ0n) is 17.7. The Morgan fingerprint density at radius 2 is 2.12 bits per heavy atom. The van der Waals surface area contributed by atoms with Gasteiger partial charge in [0.2, 0.25) is 0 Å². The van der Waals surface area contributed by atoms with Gasteiger partial charge >= 0.3 is 6.61 Å². The number of rotatable bonds is 2. The zero-order valence-corrected chi connectivity index (χ0v) is 17.7. The number of aryl methyl sites for hydroxylation is 1. The van der Waals surface area contributed by atoms with Gasteiger partial charge in [0, 0.05) is 30.4 Å². The molecule has 2 aliphatic heterocycles. The zero-order chi connectivity index (χ0) is 23.6. The number of amides is 1. The summed E-state index contributed by atoms with van der Waals surface area (Å²) in [6.07, 6.45) is 3.71. The number of nitrogens with one attached hydrogen (secondary N) is 1. The van der Waals surface area contributed by atoms with Crippen molar-refractivity contribution in [2.45, 2.75) is 25.1 Å². The second-order valence-corrected chi connectivity index (χ2v) is 8.19. The van der Waals surface area contributed by atoms with Crippen LogP contribution in [0.1, 0.15) is 51.4 Å². The van der Waals surface area contributed by atoms with Crippen molar-refractivity contribution in [1.29, 1.82) is 0 Å². The van der Waals surface area contributed by atoms with E-state index in [1.165, 1.54) is 18.2 Å². The maximum absolute atomic E-state index is 14.8. The average Bonchev–Trinajstić information content (AvgIpc) is 3.43. The Labute approximate surface area is 191 Å². The van der Waals surface area contributed by atoms with Crippen LogP contribution >= 0.6 is 0 Å². The topological polar surface area (TPSA) is 74.0 Å². The molecule has 0 fully saturated rings. The van der Waals surface area contributed by atoms with Crippen LogP contribution in [0.5, 0.6) is 5.75 Å². The van der Waals surface area contributed by atoms with E-state index in [1.54, 1.807) is 36.3 Å². The highest BCUT2D eigenvalue weighted by molar-refractivity contribution is 5.98. The molecule has 2 aromatic carbocycles. The van der Waals surface area contributed by atoms with Crippen LogP contribution in [-0.4, -0.2) is 31.9 Å². The Morgan fingerprint density at radius 3 is 2.88 bits per heavy atom. The molecule has 34 heavy (non-hydrogen) atoms. The third kappa shape index (κ3) is 3.12. The Bertz CT molecular complexity index is 1550. The molecule has 2 atom stereocenters. The number of aromatic nitrogens is 4. The summed E-state index contributed by atoms with van der Waals surface area (Å²) in [6.45, 7) is -3.04. The van der Waals surface area contributed by atoms with Crippen molar-refractivity contribution in [2.24, 2.45) is 7.05 Å². The molecule has 170 valence electrons. The minimum absolute atomic E-state index is 0.0679. The van der Waals surface area contributed by atoms with Crippen molar-refractivity contribution in [2.75, 3.05) is 0 Å². The molecule has 0 spiro atoms. The van der Waals surface area contributed by atoms with E-state index in [4.69, 9.17) is 4.74 Å². The summed E-state index contributed by atoms with van der Waals surface area (Å²) in [6, 6.07) is 6.43. The quantitative estimate of drug-likeness (QED) is 0.461. The first-order valence-electron chi connectivity index (χ1n) is 10.5. The number of alkyl halides is 2. The lowest BCUT2D eigenvalue weighted by atomic mass is 9.97. The summed E-state index contributed by atoms with van der Waals surface area (Å²) in [4.78, 5) is 17.4. The highest BCUT2D eigenvalue weighted by Crippen LogP contribution is 2.47. The van der Waals surface area contributed by atoms with E-state index >= 15 is 0 Å². The number of nitrogens with zero attached hydrogens (tertiary/aromatic N) is 4. The van der Waals surface area contributed by atoms with E-state index in [0.29, 0.717) is 34.4 Å².